The predicted molar refractivity (Wildman–Crippen MR) is 95.2 cm³/mol. The molecule has 0 aliphatic carbocycles. The van der Waals surface area contributed by atoms with Crippen molar-refractivity contribution in [3.8, 4) is 5.82 Å². The van der Waals surface area contributed by atoms with Crippen LogP contribution in [0.25, 0.3) is 16.9 Å². The molecule has 1 N–H and O–H groups in total. The number of hydrogen-bond acceptors (Lipinski definition) is 6. The molecular formula is C16H14N6O2S. The highest BCUT2D eigenvalue weighted by molar-refractivity contribution is 7.98. The first-order valence-electron chi connectivity index (χ1n) is 7.64. The van der Waals surface area contributed by atoms with Crippen LogP contribution in [0.2, 0.25) is 0 Å². The molecule has 4 heterocycles. The molecule has 1 aliphatic rings. The van der Waals surface area contributed by atoms with Crippen LogP contribution < -0.4 is 10.5 Å². The average molecular weight is 354 g/mol. The van der Waals surface area contributed by atoms with Crippen molar-refractivity contribution in [1.29, 1.82) is 0 Å². The Hall–Kier alpha value is -2.94. The van der Waals surface area contributed by atoms with Gasteiger partial charge in [0.2, 0.25) is 0 Å². The largest absolute Gasteiger partial charge is 0.293 e. The minimum absolute atomic E-state index is 0.103. The second-order valence-corrected chi connectivity index (χ2v) is 6.18. The summed E-state index contributed by atoms with van der Waals surface area (Å²) >= 11 is 1.39. The van der Waals surface area contributed by atoms with Gasteiger partial charge in [0.15, 0.2) is 16.6 Å². The van der Waals surface area contributed by atoms with Crippen LogP contribution in [0.5, 0.6) is 0 Å². The van der Waals surface area contributed by atoms with Crippen LogP contribution in [-0.2, 0) is 4.79 Å². The summed E-state index contributed by atoms with van der Waals surface area (Å²) in [4.78, 5) is 38.9. The normalized spacial score (nSPS) is 14.4. The summed E-state index contributed by atoms with van der Waals surface area (Å²) in [5.74, 6) is 0.917. The molecule has 8 nitrogen and oxygen atoms in total. The smallest absolute Gasteiger partial charge is 0.275 e. The van der Waals surface area contributed by atoms with Gasteiger partial charge in [-0.3, -0.25) is 19.6 Å². The maximum Gasteiger partial charge on any atom is 0.275 e. The standard InChI is InChI=1S/C16H14N6O2S/c1-25-16-17-9-10-14(19-16)22(20-15(10)24)12-6-4-5-11(18-12)21-8-3-2-7-13(21)23/h2,4-7,9H,3,8H2,1H3,(H,20,24). The zero-order valence-corrected chi connectivity index (χ0v) is 14.2. The number of fused-ring (bicyclic) bond motifs is 1. The third kappa shape index (κ3) is 2.72. The molecule has 0 radical (unpaired) electrons. The van der Waals surface area contributed by atoms with E-state index in [0.717, 1.165) is 6.42 Å². The van der Waals surface area contributed by atoms with Gasteiger partial charge < -0.3 is 0 Å². The Morgan fingerprint density at radius 3 is 2.84 bits per heavy atom. The van der Waals surface area contributed by atoms with Crippen molar-refractivity contribution in [2.75, 3.05) is 17.7 Å². The van der Waals surface area contributed by atoms with Gasteiger partial charge in [-0.1, -0.05) is 23.9 Å². The number of carbonyl (C=O) groups is 1. The number of aromatic amines is 1. The van der Waals surface area contributed by atoms with E-state index in [9.17, 15) is 9.59 Å². The third-order valence-corrected chi connectivity index (χ3v) is 4.43. The molecule has 1 amide bonds. The van der Waals surface area contributed by atoms with Gasteiger partial charge in [0, 0.05) is 12.7 Å². The molecule has 3 aromatic rings. The van der Waals surface area contributed by atoms with Gasteiger partial charge in [0.1, 0.15) is 11.2 Å². The number of H-pyrrole nitrogens is 1. The quantitative estimate of drug-likeness (QED) is 0.566. The van der Waals surface area contributed by atoms with Crippen molar-refractivity contribution >= 4 is 34.5 Å². The van der Waals surface area contributed by atoms with Crippen LogP contribution in [0.4, 0.5) is 5.82 Å². The van der Waals surface area contributed by atoms with E-state index in [4.69, 9.17) is 0 Å². The minimum Gasteiger partial charge on any atom is -0.293 e. The monoisotopic (exact) mass is 354 g/mol. The third-order valence-electron chi connectivity index (χ3n) is 3.87. The van der Waals surface area contributed by atoms with Crippen molar-refractivity contribution in [2.24, 2.45) is 0 Å². The lowest BCUT2D eigenvalue weighted by atomic mass is 10.2. The SMILES string of the molecule is CSc1ncc2c(=O)[nH]n(-c3cccc(N4CCC=CC4=O)n3)c2n1. The van der Waals surface area contributed by atoms with Crippen molar-refractivity contribution in [1.82, 2.24) is 24.7 Å². The molecule has 3 aromatic heterocycles. The van der Waals surface area contributed by atoms with Crippen LogP contribution >= 0.6 is 11.8 Å². The highest BCUT2D eigenvalue weighted by Crippen LogP contribution is 2.19. The fraction of sp³-hybridized carbons (Fsp3) is 0.188. The molecule has 0 unspecified atom stereocenters. The van der Waals surface area contributed by atoms with Crippen LogP contribution in [-0.4, -0.2) is 43.4 Å². The zero-order chi connectivity index (χ0) is 17.4. The Balaban J connectivity index is 1.84. The summed E-state index contributed by atoms with van der Waals surface area (Å²) in [6.45, 7) is 0.577. The Kier molecular flexibility index (Phi) is 3.85. The van der Waals surface area contributed by atoms with Crippen molar-refractivity contribution in [3.63, 3.8) is 0 Å². The minimum atomic E-state index is -0.285. The summed E-state index contributed by atoms with van der Waals surface area (Å²) in [5.41, 5.74) is 0.172. The molecule has 0 atom stereocenters. The molecule has 0 saturated heterocycles. The van der Waals surface area contributed by atoms with Gasteiger partial charge in [-0.05, 0) is 30.9 Å². The number of pyridine rings is 1. The summed E-state index contributed by atoms with van der Waals surface area (Å²) < 4.78 is 1.52. The van der Waals surface area contributed by atoms with Crippen molar-refractivity contribution in [2.45, 2.75) is 11.6 Å². The molecule has 0 saturated carbocycles. The molecule has 0 bridgehead atoms. The maximum absolute atomic E-state index is 12.1. The second-order valence-electron chi connectivity index (χ2n) is 5.41. The molecule has 9 heteroatoms. The van der Waals surface area contributed by atoms with Gasteiger partial charge in [0.05, 0.1) is 0 Å². The van der Waals surface area contributed by atoms with Gasteiger partial charge >= 0.3 is 0 Å². The van der Waals surface area contributed by atoms with E-state index in [1.165, 1.54) is 22.6 Å². The van der Waals surface area contributed by atoms with Crippen LogP contribution in [0.3, 0.4) is 0 Å². The number of aromatic nitrogens is 5. The second kappa shape index (κ2) is 6.17. The number of amides is 1. The topological polar surface area (TPSA) is 96.8 Å². The maximum atomic E-state index is 12.1. The first kappa shape index (κ1) is 15.6. The fourth-order valence-corrected chi connectivity index (χ4v) is 3.00. The van der Waals surface area contributed by atoms with Crippen LogP contribution in [0.15, 0.2) is 46.5 Å². The van der Waals surface area contributed by atoms with E-state index >= 15 is 0 Å². The molecule has 4 rings (SSSR count). The van der Waals surface area contributed by atoms with Gasteiger partial charge in [-0.25, -0.2) is 19.6 Å². The first-order chi connectivity index (χ1) is 12.2. The lowest BCUT2D eigenvalue weighted by Gasteiger charge is -2.22. The molecule has 0 spiro atoms. The number of carbonyl (C=O) groups excluding carboxylic acids is 1. The van der Waals surface area contributed by atoms with E-state index < -0.39 is 0 Å². The molecule has 1 aliphatic heterocycles. The van der Waals surface area contributed by atoms with Gasteiger partial charge in [0.25, 0.3) is 11.5 Å². The van der Waals surface area contributed by atoms with Crippen molar-refractivity contribution < 1.29 is 4.79 Å². The fourth-order valence-electron chi connectivity index (χ4n) is 2.67. The number of hydrogen-bond donors (Lipinski definition) is 1. The lowest BCUT2D eigenvalue weighted by Crippen LogP contribution is -2.33. The summed E-state index contributed by atoms with van der Waals surface area (Å²) in [7, 11) is 0. The summed E-state index contributed by atoms with van der Waals surface area (Å²) in [5, 5.41) is 3.68. The van der Waals surface area contributed by atoms with Gasteiger partial charge in [-0.15, -0.1) is 0 Å². The number of nitrogens with zero attached hydrogens (tertiary/aromatic N) is 5. The highest BCUT2D eigenvalue weighted by Gasteiger charge is 2.18. The van der Waals surface area contributed by atoms with E-state index in [-0.39, 0.29) is 11.5 Å². The molecule has 25 heavy (non-hydrogen) atoms. The number of thioether (sulfide) groups is 1. The molecule has 0 aromatic carbocycles. The highest BCUT2D eigenvalue weighted by atomic mass is 32.2. The van der Waals surface area contributed by atoms with E-state index in [1.54, 1.807) is 29.2 Å². The Labute approximate surface area is 146 Å². The van der Waals surface area contributed by atoms with Gasteiger partial charge in [-0.2, -0.15) is 0 Å². The zero-order valence-electron chi connectivity index (χ0n) is 13.3. The van der Waals surface area contributed by atoms with E-state index in [2.05, 4.69) is 20.1 Å². The van der Waals surface area contributed by atoms with Crippen LogP contribution in [0.1, 0.15) is 6.42 Å². The molecule has 126 valence electrons. The molecule has 0 fully saturated rings. The van der Waals surface area contributed by atoms with E-state index in [0.29, 0.717) is 34.4 Å². The Bertz CT molecular complexity index is 1050. The molecular weight excluding hydrogens is 340 g/mol. The number of nitrogens with one attached hydrogen (secondary N) is 1. The van der Waals surface area contributed by atoms with Crippen molar-refractivity contribution in [3.05, 3.63) is 46.9 Å². The number of anilines is 1. The Morgan fingerprint density at radius 2 is 2.04 bits per heavy atom. The predicted octanol–water partition coefficient (Wildman–Crippen LogP) is 1.52. The number of rotatable bonds is 3. The first-order valence-corrected chi connectivity index (χ1v) is 8.87. The van der Waals surface area contributed by atoms with E-state index in [1.807, 2.05) is 12.3 Å². The average Bonchev–Trinajstić information content (AvgIpc) is 2.98. The van der Waals surface area contributed by atoms with Crippen LogP contribution in [0, 0.1) is 0 Å². The summed E-state index contributed by atoms with van der Waals surface area (Å²) in [6, 6.07) is 5.32. The lowest BCUT2D eigenvalue weighted by molar-refractivity contribution is -0.114. The summed E-state index contributed by atoms with van der Waals surface area (Å²) in [6.07, 6.45) is 7.55. The Morgan fingerprint density at radius 1 is 1.20 bits per heavy atom.